The number of aromatic nitrogens is 1. The summed E-state index contributed by atoms with van der Waals surface area (Å²) in [5, 5.41) is 1.07. The monoisotopic (exact) mass is 336 g/mol. The molecule has 4 nitrogen and oxygen atoms in total. The second-order valence-corrected chi connectivity index (χ2v) is 5.96. The highest BCUT2D eigenvalue weighted by atomic mass is 79.9. The first kappa shape index (κ1) is 13.6. The highest BCUT2D eigenvalue weighted by Crippen LogP contribution is 2.31. The molecule has 20 heavy (non-hydrogen) atoms. The molecule has 1 aliphatic rings. The van der Waals surface area contributed by atoms with E-state index in [0.717, 1.165) is 15.4 Å². The molecule has 1 fully saturated rings. The van der Waals surface area contributed by atoms with Crippen molar-refractivity contribution in [2.24, 2.45) is 7.05 Å². The highest BCUT2D eigenvalue weighted by molar-refractivity contribution is 9.10. The predicted octanol–water partition coefficient (Wildman–Crippen LogP) is 2.80. The van der Waals surface area contributed by atoms with E-state index < -0.39 is 0 Å². The SMILES string of the molecule is C[C@@H]1CN(C(=O)c2c(Br)c3ccccc3n2C)CCO1. The van der Waals surface area contributed by atoms with Crippen LogP contribution in [-0.2, 0) is 11.8 Å². The molecule has 1 aromatic carbocycles. The summed E-state index contributed by atoms with van der Waals surface area (Å²) >= 11 is 3.59. The number of amides is 1. The fourth-order valence-electron chi connectivity index (χ4n) is 2.74. The molecule has 1 amide bonds. The van der Waals surface area contributed by atoms with E-state index in [1.165, 1.54) is 0 Å². The lowest BCUT2D eigenvalue weighted by Crippen LogP contribution is -2.45. The first-order chi connectivity index (χ1) is 9.59. The van der Waals surface area contributed by atoms with Crippen LogP contribution >= 0.6 is 15.9 Å². The molecule has 1 atom stereocenters. The van der Waals surface area contributed by atoms with Gasteiger partial charge >= 0.3 is 0 Å². The van der Waals surface area contributed by atoms with Gasteiger partial charge in [-0.25, -0.2) is 0 Å². The number of hydrogen-bond acceptors (Lipinski definition) is 2. The van der Waals surface area contributed by atoms with Crippen LogP contribution in [0, 0.1) is 0 Å². The predicted molar refractivity (Wildman–Crippen MR) is 81.9 cm³/mol. The maximum Gasteiger partial charge on any atom is 0.271 e. The van der Waals surface area contributed by atoms with E-state index in [1.54, 1.807) is 0 Å². The maximum atomic E-state index is 12.8. The van der Waals surface area contributed by atoms with E-state index in [4.69, 9.17) is 4.74 Å². The third-order valence-corrected chi connectivity index (χ3v) is 4.58. The average Bonchev–Trinajstić information content (AvgIpc) is 2.71. The van der Waals surface area contributed by atoms with Crippen LogP contribution in [0.25, 0.3) is 10.9 Å². The van der Waals surface area contributed by atoms with E-state index in [2.05, 4.69) is 15.9 Å². The number of benzene rings is 1. The van der Waals surface area contributed by atoms with Crippen molar-refractivity contribution in [2.75, 3.05) is 19.7 Å². The molecule has 1 saturated heterocycles. The van der Waals surface area contributed by atoms with Crippen LogP contribution in [-0.4, -0.2) is 41.2 Å². The summed E-state index contributed by atoms with van der Waals surface area (Å²) in [6.07, 6.45) is 0.0983. The van der Waals surface area contributed by atoms with Crippen molar-refractivity contribution in [1.82, 2.24) is 9.47 Å². The molecule has 0 N–H and O–H groups in total. The topological polar surface area (TPSA) is 34.5 Å². The number of halogens is 1. The first-order valence-electron chi connectivity index (χ1n) is 6.73. The van der Waals surface area contributed by atoms with E-state index in [-0.39, 0.29) is 12.0 Å². The third kappa shape index (κ3) is 2.15. The van der Waals surface area contributed by atoms with Gasteiger partial charge in [0.1, 0.15) is 5.69 Å². The van der Waals surface area contributed by atoms with Crippen molar-refractivity contribution < 1.29 is 9.53 Å². The van der Waals surface area contributed by atoms with Gasteiger partial charge in [-0.2, -0.15) is 0 Å². The van der Waals surface area contributed by atoms with Crippen molar-refractivity contribution in [1.29, 1.82) is 0 Å². The minimum absolute atomic E-state index is 0.0609. The molecule has 0 radical (unpaired) electrons. The number of fused-ring (bicyclic) bond motifs is 1. The molecular weight excluding hydrogens is 320 g/mol. The number of ether oxygens (including phenoxy) is 1. The Balaban J connectivity index is 2.03. The lowest BCUT2D eigenvalue weighted by atomic mass is 10.2. The molecule has 0 spiro atoms. The Morgan fingerprint density at radius 3 is 2.85 bits per heavy atom. The van der Waals surface area contributed by atoms with Crippen molar-refractivity contribution in [2.45, 2.75) is 13.0 Å². The molecule has 106 valence electrons. The van der Waals surface area contributed by atoms with Crippen LogP contribution in [0.1, 0.15) is 17.4 Å². The molecule has 0 unspecified atom stereocenters. The van der Waals surface area contributed by atoms with Gasteiger partial charge in [-0.05, 0) is 28.9 Å². The minimum atomic E-state index is 0.0609. The molecule has 3 rings (SSSR count). The van der Waals surface area contributed by atoms with Gasteiger partial charge in [0.25, 0.3) is 5.91 Å². The molecule has 0 aliphatic carbocycles. The summed E-state index contributed by atoms with van der Waals surface area (Å²) in [5.41, 5.74) is 1.77. The van der Waals surface area contributed by atoms with Gasteiger partial charge in [0, 0.05) is 31.0 Å². The highest BCUT2D eigenvalue weighted by Gasteiger charge is 2.27. The van der Waals surface area contributed by atoms with Crippen molar-refractivity contribution in [3.05, 3.63) is 34.4 Å². The van der Waals surface area contributed by atoms with Gasteiger partial charge in [-0.1, -0.05) is 18.2 Å². The standard InChI is InChI=1S/C15H17BrN2O2/c1-10-9-18(7-8-20-10)15(19)14-13(16)11-5-3-4-6-12(11)17(14)2/h3-6,10H,7-9H2,1-2H3/t10-/m1/s1. The van der Waals surface area contributed by atoms with E-state index in [0.29, 0.717) is 25.4 Å². The fraction of sp³-hybridized carbons (Fsp3) is 0.400. The van der Waals surface area contributed by atoms with Crippen LogP contribution in [0.3, 0.4) is 0 Å². The summed E-state index contributed by atoms with van der Waals surface area (Å²) in [4.78, 5) is 14.6. The average molecular weight is 337 g/mol. The van der Waals surface area contributed by atoms with Gasteiger partial charge in [-0.15, -0.1) is 0 Å². The molecule has 1 aliphatic heterocycles. The van der Waals surface area contributed by atoms with Crippen LogP contribution in [0.2, 0.25) is 0 Å². The zero-order chi connectivity index (χ0) is 14.3. The van der Waals surface area contributed by atoms with Crippen molar-refractivity contribution in [3.8, 4) is 0 Å². The Morgan fingerprint density at radius 2 is 2.15 bits per heavy atom. The van der Waals surface area contributed by atoms with Crippen molar-refractivity contribution in [3.63, 3.8) is 0 Å². The zero-order valence-electron chi connectivity index (χ0n) is 11.6. The summed E-state index contributed by atoms with van der Waals surface area (Å²) in [6.45, 7) is 3.90. The van der Waals surface area contributed by atoms with Gasteiger partial charge in [0.2, 0.25) is 0 Å². The Hall–Kier alpha value is -1.33. The summed E-state index contributed by atoms with van der Waals surface area (Å²) in [5.74, 6) is 0.0609. The fourth-order valence-corrected chi connectivity index (χ4v) is 3.51. The smallest absolute Gasteiger partial charge is 0.271 e. The second kappa shape index (κ2) is 5.22. The number of rotatable bonds is 1. The van der Waals surface area contributed by atoms with Crippen LogP contribution in [0.5, 0.6) is 0 Å². The number of para-hydroxylation sites is 1. The van der Waals surface area contributed by atoms with E-state index in [9.17, 15) is 4.79 Å². The number of morpholine rings is 1. The Labute approximate surface area is 126 Å². The van der Waals surface area contributed by atoms with Gasteiger partial charge in [0.15, 0.2) is 0 Å². The summed E-state index contributed by atoms with van der Waals surface area (Å²) < 4.78 is 8.34. The molecule has 1 aromatic heterocycles. The first-order valence-corrected chi connectivity index (χ1v) is 7.52. The lowest BCUT2D eigenvalue weighted by molar-refractivity contribution is -0.0127. The maximum absolute atomic E-state index is 12.8. The third-order valence-electron chi connectivity index (χ3n) is 3.78. The molecule has 5 heteroatoms. The lowest BCUT2D eigenvalue weighted by Gasteiger charge is -2.31. The Kier molecular flexibility index (Phi) is 3.56. The van der Waals surface area contributed by atoms with Crippen LogP contribution < -0.4 is 0 Å². The molecule has 0 saturated carbocycles. The van der Waals surface area contributed by atoms with Gasteiger partial charge in [-0.3, -0.25) is 4.79 Å². The number of aryl methyl sites for hydroxylation is 1. The Morgan fingerprint density at radius 1 is 1.40 bits per heavy atom. The number of carbonyl (C=O) groups excluding carboxylic acids is 1. The van der Waals surface area contributed by atoms with Crippen LogP contribution in [0.15, 0.2) is 28.7 Å². The second-order valence-electron chi connectivity index (χ2n) is 5.17. The molecular formula is C15H17BrN2O2. The molecule has 0 bridgehead atoms. The quantitative estimate of drug-likeness (QED) is 0.802. The van der Waals surface area contributed by atoms with Gasteiger partial charge in [0.05, 0.1) is 17.2 Å². The van der Waals surface area contributed by atoms with Crippen LogP contribution in [0.4, 0.5) is 0 Å². The van der Waals surface area contributed by atoms with E-state index >= 15 is 0 Å². The molecule has 2 aromatic rings. The van der Waals surface area contributed by atoms with E-state index in [1.807, 2.05) is 47.7 Å². The molecule has 2 heterocycles. The summed E-state index contributed by atoms with van der Waals surface area (Å²) in [6, 6.07) is 8.02. The summed E-state index contributed by atoms with van der Waals surface area (Å²) in [7, 11) is 1.93. The normalized spacial score (nSPS) is 19.6. The largest absolute Gasteiger partial charge is 0.375 e. The van der Waals surface area contributed by atoms with Gasteiger partial charge < -0.3 is 14.2 Å². The Bertz CT molecular complexity index is 626. The number of nitrogens with zero attached hydrogens (tertiary/aromatic N) is 2. The number of carbonyl (C=O) groups is 1. The van der Waals surface area contributed by atoms with Crippen molar-refractivity contribution >= 4 is 32.7 Å². The zero-order valence-corrected chi connectivity index (χ0v) is 13.2. The number of hydrogen-bond donors (Lipinski definition) is 0. The minimum Gasteiger partial charge on any atom is -0.375 e.